The molecule has 1 aromatic carbocycles. The van der Waals surface area contributed by atoms with Crippen LogP contribution < -0.4 is 10.2 Å². The molecule has 0 radical (unpaired) electrons. The number of rotatable bonds is 6. The van der Waals surface area contributed by atoms with Crippen LogP contribution in [0.3, 0.4) is 0 Å². The van der Waals surface area contributed by atoms with Crippen LogP contribution in [0.1, 0.15) is 46.1 Å². The zero-order valence-corrected chi connectivity index (χ0v) is 17.5. The molecule has 1 atom stereocenters. The molecule has 7 nitrogen and oxygen atoms in total. The first kappa shape index (κ1) is 21.6. The van der Waals surface area contributed by atoms with E-state index in [2.05, 4.69) is 31.2 Å². The van der Waals surface area contributed by atoms with Crippen LogP contribution in [-0.4, -0.2) is 33.2 Å². The Hall–Kier alpha value is -3.64. The highest BCUT2D eigenvalue weighted by Gasteiger charge is 2.24. The second-order valence-corrected chi connectivity index (χ2v) is 7.65. The van der Waals surface area contributed by atoms with Gasteiger partial charge in [0.25, 0.3) is 6.43 Å². The van der Waals surface area contributed by atoms with Crippen molar-refractivity contribution >= 4 is 11.5 Å². The molecule has 3 aromatic rings. The fourth-order valence-electron chi connectivity index (χ4n) is 3.84. The first-order valence-corrected chi connectivity index (χ1v) is 10.2. The summed E-state index contributed by atoms with van der Waals surface area (Å²) in [5.74, 6) is 0.558. The zero-order chi connectivity index (χ0) is 22.7. The molecule has 0 amide bonds. The first-order chi connectivity index (χ1) is 15.5. The quantitative estimate of drug-likeness (QED) is 0.608. The molecule has 0 bridgehead atoms. The average Bonchev–Trinajstić information content (AvgIpc) is 2.82. The van der Waals surface area contributed by atoms with Crippen molar-refractivity contribution in [3.05, 3.63) is 76.5 Å². The van der Waals surface area contributed by atoms with Crippen molar-refractivity contribution in [1.29, 1.82) is 5.26 Å². The Bertz CT molecular complexity index is 1150. The van der Waals surface area contributed by atoms with Crippen LogP contribution in [0.15, 0.2) is 42.9 Å². The van der Waals surface area contributed by atoms with E-state index in [1.54, 1.807) is 0 Å². The molecule has 164 valence electrons. The molecule has 0 spiro atoms. The predicted octanol–water partition coefficient (Wildman–Crippen LogP) is 3.70. The van der Waals surface area contributed by atoms with Crippen molar-refractivity contribution in [3.63, 3.8) is 0 Å². The van der Waals surface area contributed by atoms with E-state index < -0.39 is 12.5 Å². The fraction of sp³-hybridized carbons (Fsp3) is 0.304. The number of anilines is 2. The van der Waals surface area contributed by atoms with Gasteiger partial charge in [0.05, 0.1) is 29.6 Å². The fourth-order valence-corrected chi connectivity index (χ4v) is 3.84. The van der Waals surface area contributed by atoms with Gasteiger partial charge in [-0.3, -0.25) is 4.98 Å². The molecular weight excluding hydrogens is 414 g/mol. The average molecular weight is 436 g/mol. The molecule has 0 saturated heterocycles. The van der Waals surface area contributed by atoms with Gasteiger partial charge in [0.1, 0.15) is 23.9 Å². The van der Waals surface area contributed by atoms with E-state index in [-0.39, 0.29) is 12.3 Å². The second-order valence-electron chi connectivity index (χ2n) is 7.65. The number of pyridine rings is 1. The van der Waals surface area contributed by atoms with Gasteiger partial charge in [0.15, 0.2) is 0 Å². The maximum Gasteiger partial charge on any atom is 0.280 e. The third kappa shape index (κ3) is 4.36. The molecule has 1 aliphatic rings. The van der Waals surface area contributed by atoms with Crippen molar-refractivity contribution in [2.45, 2.75) is 32.4 Å². The Morgan fingerprint density at radius 2 is 2.06 bits per heavy atom. The number of alkyl halides is 2. The van der Waals surface area contributed by atoms with Gasteiger partial charge in [-0.1, -0.05) is 12.1 Å². The van der Waals surface area contributed by atoms with Crippen molar-refractivity contribution in [2.24, 2.45) is 0 Å². The van der Waals surface area contributed by atoms with Crippen molar-refractivity contribution in [1.82, 2.24) is 15.0 Å². The minimum Gasteiger partial charge on any atom is -0.394 e. The van der Waals surface area contributed by atoms with E-state index in [9.17, 15) is 19.1 Å². The smallest absolute Gasteiger partial charge is 0.280 e. The number of aromatic nitrogens is 3. The Morgan fingerprint density at radius 1 is 1.22 bits per heavy atom. The van der Waals surface area contributed by atoms with Crippen LogP contribution in [0, 0.1) is 18.3 Å². The number of aliphatic hydroxyl groups is 1. The Kier molecular flexibility index (Phi) is 6.23. The minimum absolute atomic E-state index is 0.269. The summed E-state index contributed by atoms with van der Waals surface area (Å²) in [6, 6.07) is 10.3. The monoisotopic (exact) mass is 436 g/mol. The summed E-state index contributed by atoms with van der Waals surface area (Å²) in [7, 11) is 0. The van der Waals surface area contributed by atoms with E-state index in [1.165, 1.54) is 24.7 Å². The number of aliphatic hydroxyl groups excluding tert-OH is 1. The molecule has 0 aliphatic carbocycles. The minimum atomic E-state index is -2.65. The van der Waals surface area contributed by atoms with E-state index in [0.29, 0.717) is 36.5 Å². The maximum absolute atomic E-state index is 12.8. The highest BCUT2D eigenvalue weighted by Crippen LogP contribution is 2.31. The third-order valence-corrected chi connectivity index (χ3v) is 5.54. The van der Waals surface area contributed by atoms with E-state index in [4.69, 9.17) is 0 Å². The Balaban J connectivity index is 1.61. The van der Waals surface area contributed by atoms with Crippen LogP contribution in [0.5, 0.6) is 0 Å². The van der Waals surface area contributed by atoms with E-state index >= 15 is 0 Å². The van der Waals surface area contributed by atoms with Crippen molar-refractivity contribution in [3.8, 4) is 6.07 Å². The van der Waals surface area contributed by atoms with Gasteiger partial charge in [-0.25, -0.2) is 18.7 Å². The third-order valence-electron chi connectivity index (χ3n) is 5.54. The molecule has 1 aliphatic heterocycles. The number of nitriles is 1. The van der Waals surface area contributed by atoms with Gasteiger partial charge in [-0.2, -0.15) is 5.26 Å². The first-order valence-electron chi connectivity index (χ1n) is 10.2. The van der Waals surface area contributed by atoms with Crippen LogP contribution in [-0.2, 0) is 13.0 Å². The maximum atomic E-state index is 12.8. The number of aryl methyl sites for hydroxylation is 1. The number of hydrogen-bond acceptors (Lipinski definition) is 7. The number of nitrogens with zero attached hydrogens (tertiary/aromatic N) is 5. The molecule has 2 N–H and O–H groups in total. The molecule has 0 fully saturated rings. The van der Waals surface area contributed by atoms with E-state index in [1.807, 2.05) is 25.1 Å². The number of fused-ring (bicyclic) bond motifs is 1. The molecule has 2 aromatic heterocycles. The second kappa shape index (κ2) is 9.24. The molecule has 0 unspecified atom stereocenters. The lowest BCUT2D eigenvalue weighted by Gasteiger charge is -2.32. The normalized spacial score (nSPS) is 14.1. The van der Waals surface area contributed by atoms with Crippen LogP contribution in [0.4, 0.5) is 20.3 Å². The van der Waals surface area contributed by atoms with Gasteiger partial charge in [-0.05, 0) is 36.2 Å². The van der Waals surface area contributed by atoms with Gasteiger partial charge < -0.3 is 15.3 Å². The lowest BCUT2D eigenvalue weighted by atomic mass is 10.0. The number of nitrogens with one attached hydrogen (secondary N) is 1. The van der Waals surface area contributed by atoms with Gasteiger partial charge in [0.2, 0.25) is 0 Å². The lowest BCUT2D eigenvalue weighted by molar-refractivity contribution is 0.146. The van der Waals surface area contributed by atoms with Crippen LogP contribution >= 0.6 is 0 Å². The Morgan fingerprint density at radius 3 is 2.75 bits per heavy atom. The summed E-state index contributed by atoms with van der Waals surface area (Å²) in [6.07, 6.45) is 0.834. The summed E-state index contributed by atoms with van der Waals surface area (Å²) in [4.78, 5) is 14.7. The van der Waals surface area contributed by atoms with Gasteiger partial charge in [0, 0.05) is 31.3 Å². The molecular formula is C23H22F2N6O. The molecule has 4 rings (SSSR count). The molecule has 3 heterocycles. The lowest BCUT2D eigenvalue weighted by Crippen LogP contribution is -2.33. The summed E-state index contributed by atoms with van der Waals surface area (Å²) in [6.45, 7) is 2.89. The van der Waals surface area contributed by atoms with Crippen molar-refractivity contribution in [2.75, 3.05) is 23.4 Å². The van der Waals surface area contributed by atoms with Gasteiger partial charge in [-0.15, -0.1) is 0 Å². The van der Waals surface area contributed by atoms with Crippen LogP contribution in [0.25, 0.3) is 0 Å². The number of hydrogen-bond donors (Lipinski definition) is 2. The topological polar surface area (TPSA) is 98.0 Å². The summed E-state index contributed by atoms with van der Waals surface area (Å²) < 4.78 is 25.6. The SMILES string of the molecule is Cc1ccc(N2CCc3ncnc(N[C@H](CO)c4ccc(C(F)F)nc4)c3C2)c(C#N)c1. The molecule has 9 heteroatoms. The number of benzene rings is 1. The summed E-state index contributed by atoms with van der Waals surface area (Å²) in [5.41, 5.74) is 4.51. The predicted molar refractivity (Wildman–Crippen MR) is 115 cm³/mol. The summed E-state index contributed by atoms with van der Waals surface area (Å²) in [5, 5.41) is 22.7. The largest absolute Gasteiger partial charge is 0.394 e. The molecule has 0 saturated carbocycles. The molecule has 32 heavy (non-hydrogen) atoms. The number of halogens is 2. The summed E-state index contributed by atoms with van der Waals surface area (Å²) >= 11 is 0. The zero-order valence-electron chi connectivity index (χ0n) is 17.5. The Labute approximate surface area is 184 Å². The van der Waals surface area contributed by atoms with Crippen LogP contribution in [0.2, 0.25) is 0 Å². The highest BCUT2D eigenvalue weighted by molar-refractivity contribution is 5.63. The standard InChI is InChI=1S/C23H22F2N6O/c1-14-2-5-21(16(8-14)9-26)31-7-6-18-17(11-31)23(29-13-28-18)30-20(12-32)15-3-4-19(22(24)25)27-10-15/h2-5,8,10,13,20,22,32H,6-7,11-12H2,1H3,(H,28,29,30)/t20-/m1/s1. The van der Waals surface area contributed by atoms with Crippen molar-refractivity contribution < 1.29 is 13.9 Å². The highest BCUT2D eigenvalue weighted by atomic mass is 19.3. The van der Waals surface area contributed by atoms with Gasteiger partial charge >= 0.3 is 0 Å². The van der Waals surface area contributed by atoms with E-state index in [0.717, 1.165) is 22.5 Å².